The van der Waals surface area contributed by atoms with Crippen LogP contribution in [0.2, 0.25) is 0 Å². The number of hydrogen-bond donors (Lipinski definition) is 2. The highest BCUT2D eigenvalue weighted by molar-refractivity contribution is 7.89. The number of amides is 1. The molecule has 4 bridgehead atoms. The fraction of sp³-hybridized carbons (Fsp3) is 0.500. The second-order valence-corrected chi connectivity index (χ2v) is 11.9. The Labute approximate surface area is 186 Å². The monoisotopic (exact) mass is 456 g/mol. The van der Waals surface area contributed by atoms with Gasteiger partial charge in [-0.3, -0.25) is 10.1 Å². The molecule has 6 rings (SSSR count). The fourth-order valence-corrected chi connectivity index (χ4v) is 7.99. The van der Waals surface area contributed by atoms with E-state index < -0.39 is 15.9 Å². The van der Waals surface area contributed by atoms with Crippen LogP contribution in [-0.4, -0.2) is 31.1 Å². The summed E-state index contributed by atoms with van der Waals surface area (Å²) in [4.78, 5) is 12.7. The summed E-state index contributed by atoms with van der Waals surface area (Å²) in [7, 11) is -3.77. The van der Waals surface area contributed by atoms with Crippen LogP contribution in [0.15, 0.2) is 29.2 Å². The maximum Gasteiger partial charge on any atom is 0.257 e. The third kappa shape index (κ3) is 3.88. The molecule has 9 heteroatoms. The summed E-state index contributed by atoms with van der Waals surface area (Å²) in [5.41, 5.74) is 0.363. The van der Waals surface area contributed by atoms with E-state index in [0.717, 1.165) is 22.8 Å². The van der Waals surface area contributed by atoms with Crippen LogP contribution in [-0.2, 0) is 15.4 Å². The summed E-state index contributed by atoms with van der Waals surface area (Å²) in [6.45, 7) is -0.114. The van der Waals surface area contributed by atoms with Crippen molar-refractivity contribution in [2.45, 2.75) is 48.8 Å². The molecule has 4 aliphatic rings. The molecule has 1 amide bonds. The molecule has 1 aromatic heterocycles. The minimum absolute atomic E-state index is 0.0121. The third-order valence-electron chi connectivity index (χ3n) is 6.91. The number of aromatic nitrogens is 2. The van der Waals surface area contributed by atoms with Crippen molar-refractivity contribution in [3.05, 3.63) is 34.8 Å². The van der Waals surface area contributed by atoms with E-state index in [2.05, 4.69) is 26.2 Å². The van der Waals surface area contributed by atoms with E-state index in [4.69, 9.17) is 6.42 Å². The lowest BCUT2D eigenvalue weighted by Crippen LogP contribution is -2.48. The lowest BCUT2D eigenvalue weighted by atomic mass is 9.50. The molecular formula is C22H24N4O3S2. The number of nitrogens with zero attached hydrogens (tertiary/aromatic N) is 2. The first-order valence-electron chi connectivity index (χ1n) is 10.6. The lowest BCUT2D eigenvalue weighted by Gasteiger charge is -2.55. The molecular weight excluding hydrogens is 432 g/mol. The van der Waals surface area contributed by atoms with E-state index in [9.17, 15) is 13.2 Å². The average Bonchev–Trinajstić information content (AvgIpc) is 3.21. The molecule has 1 heterocycles. The maximum atomic E-state index is 12.7. The number of carbonyl (C=O) groups is 1. The van der Waals surface area contributed by atoms with Gasteiger partial charge in [-0.15, -0.1) is 16.6 Å². The topological polar surface area (TPSA) is 101 Å². The van der Waals surface area contributed by atoms with Gasteiger partial charge in [0.2, 0.25) is 15.2 Å². The van der Waals surface area contributed by atoms with Crippen LogP contribution in [0.4, 0.5) is 5.13 Å². The van der Waals surface area contributed by atoms with Gasteiger partial charge in [-0.1, -0.05) is 23.3 Å². The van der Waals surface area contributed by atoms with Gasteiger partial charge >= 0.3 is 0 Å². The van der Waals surface area contributed by atoms with Crippen LogP contribution in [0.25, 0.3) is 0 Å². The van der Waals surface area contributed by atoms with Gasteiger partial charge in [0.1, 0.15) is 5.01 Å². The van der Waals surface area contributed by atoms with Crippen molar-refractivity contribution in [1.82, 2.24) is 14.9 Å². The number of terminal acetylenes is 1. The number of carbonyl (C=O) groups excluding carboxylic acids is 1. The molecule has 0 atom stereocenters. The number of nitrogens with one attached hydrogen (secondary N) is 2. The molecule has 2 N–H and O–H groups in total. The molecule has 0 aliphatic heterocycles. The highest BCUT2D eigenvalue weighted by Gasteiger charge is 2.53. The first-order valence-corrected chi connectivity index (χ1v) is 12.9. The Morgan fingerprint density at radius 1 is 1.16 bits per heavy atom. The molecule has 4 aliphatic carbocycles. The number of hydrogen-bond acceptors (Lipinski definition) is 6. The zero-order chi connectivity index (χ0) is 21.6. The standard InChI is InChI=1S/C22H24N4O3S2/c1-2-6-23-31(28,29)18-5-3-4-17(10-18)19(27)24-21-26-25-20(30-21)22-11-14-7-15(12-22)9-16(8-14)13-22/h1,3-5,10,14-16,23H,6-9,11-13H2,(H,24,26,27). The fourth-order valence-electron chi connectivity index (χ4n) is 6.05. The van der Waals surface area contributed by atoms with Crippen LogP contribution in [0.5, 0.6) is 0 Å². The number of anilines is 1. The maximum absolute atomic E-state index is 12.7. The normalized spacial score (nSPS) is 28.9. The Bertz CT molecular complexity index is 1130. The largest absolute Gasteiger partial charge is 0.296 e. The Kier molecular flexibility index (Phi) is 5.12. The van der Waals surface area contributed by atoms with Crippen molar-refractivity contribution in [3.8, 4) is 12.3 Å². The van der Waals surface area contributed by atoms with Crippen LogP contribution in [0, 0.1) is 30.1 Å². The van der Waals surface area contributed by atoms with E-state index in [1.807, 2.05) is 0 Å². The number of benzene rings is 1. The van der Waals surface area contributed by atoms with Crippen molar-refractivity contribution < 1.29 is 13.2 Å². The molecule has 0 unspecified atom stereocenters. The highest BCUT2D eigenvalue weighted by atomic mass is 32.2. The second-order valence-electron chi connectivity index (χ2n) is 9.12. The summed E-state index contributed by atoms with van der Waals surface area (Å²) in [5.74, 6) is 4.23. The van der Waals surface area contributed by atoms with E-state index in [0.29, 0.717) is 5.13 Å². The summed E-state index contributed by atoms with van der Waals surface area (Å²) < 4.78 is 26.8. The van der Waals surface area contributed by atoms with Gasteiger partial charge in [0.15, 0.2) is 0 Å². The smallest absolute Gasteiger partial charge is 0.257 e. The third-order valence-corrected chi connectivity index (χ3v) is 9.39. The highest BCUT2D eigenvalue weighted by Crippen LogP contribution is 2.61. The van der Waals surface area contributed by atoms with E-state index >= 15 is 0 Å². The van der Waals surface area contributed by atoms with Crippen LogP contribution in [0.1, 0.15) is 53.9 Å². The van der Waals surface area contributed by atoms with Gasteiger partial charge in [0.25, 0.3) is 5.91 Å². The molecule has 31 heavy (non-hydrogen) atoms. The molecule has 4 saturated carbocycles. The zero-order valence-corrected chi connectivity index (χ0v) is 18.6. The average molecular weight is 457 g/mol. The predicted molar refractivity (Wildman–Crippen MR) is 118 cm³/mol. The molecule has 7 nitrogen and oxygen atoms in total. The van der Waals surface area contributed by atoms with Crippen molar-refractivity contribution in [3.63, 3.8) is 0 Å². The molecule has 4 fully saturated rings. The molecule has 0 spiro atoms. The minimum Gasteiger partial charge on any atom is -0.296 e. The Morgan fingerprint density at radius 3 is 2.48 bits per heavy atom. The van der Waals surface area contributed by atoms with E-state index in [1.54, 1.807) is 6.07 Å². The van der Waals surface area contributed by atoms with Gasteiger partial charge in [-0.2, -0.15) is 4.72 Å². The van der Waals surface area contributed by atoms with Gasteiger partial charge in [-0.05, 0) is 74.5 Å². The van der Waals surface area contributed by atoms with Gasteiger partial charge < -0.3 is 0 Å². The molecule has 162 valence electrons. The van der Waals surface area contributed by atoms with Crippen LogP contribution < -0.4 is 10.0 Å². The molecule has 0 radical (unpaired) electrons. The first kappa shape index (κ1) is 20.6. The number of sulfonamides is 1. The number of rotatable bonds is 6. The quantitative estimate of drug-likeness (QED) is 0.650. The Hall–Kier alpha value is -2.28. The van der Waals surface area contributed by atoms with Crippen molar-refractivity contribution in [2.24, 2.45) is 17.8 Å². The summed E-state index contributed by atoms with van der Waals surface area (Å²) >= 11 is 1.46. The Morgan fingerprint density at radius 2 is 1.84 bits per heavy atom. The minimum atomic E-state index is -3.77. The Balaban J connectivity index is 1.32. The zero-order valence-electron chi connectivity index (χ0n) is 17.0. The summed E-state index contributed by atoms with van der Waals surface area (Å²) in [6.07, 6.45) is 12.8. The summed E-state index contributed by atoms with van der Waals surface area (Å²) in [6, 6.07) is 5.85. The van der Waals surface area contributed by atoms with Crippen molar-refractivity contribution in [1.29, 1.82) is 0 Å². The van der Waals surface area contributed by atoms with Crippen LogP contribution >= 0.6 is 11.3 Å². The van der Waals surface area contributed by atoms with Gasteiger partial charge in [0.05, 0.1) is 11.4 Å². The SMILES string of the molecule is C#CCNS(=O)(=O)c1cccc(C(=O)Nc2nnc(C34CC5CC(CC(C5)C3)C4)s2)c1. The molecule has 1 aromatic carbocycles. The summed E-state index contributed by atoms with van der Waals surface area (Å²) in [5, 5.41) is 13.0. The lowest BCUT2D eigenvalue weighted by molar-refractivity contribution is -0.00555. The van der Waals surface area contributed by atoms with E-state index in [1.165, 1.54) is 68.1 Å². The molecule has 0 saturated heterocycles. The van der Waals surface area contributed by atoms with Gasteiger partial charge in [-0.25, -0.2) is 8.42 Å². The second kappa shape index (κ2) is 7.69. The van der Waals surface area contributed by atoms with Crippen molar-refractivity contribution >= 4 is 32.4 Å². The first-order chi connectivity index (χ1) is 14.9. The van der Waals surface area contributed by atoms with Crippen LogP contribution in [0.3, 0.4) is 0 Å². The van der Waals surface area contributed by atoms with E-state index in [-0.39, 0.29) is 22.4 Å². The van der Waals surface area contributed by atoms with Gasteiger partial charge in [0, 0.05) is 11.0 Å². The predicted octanol–water partition coefficient (Wildman–Crippen LogP) is 3.17. The molecule has 2 aromatic rings. The van der Waals surface area contributed by atoms with Crippen molar-refractivity contribution in [2.75, 3.05) is 11.9 Å².